The minimum atomic E-state index is -3.50. The number of halogens is 1. The highest BCUT2D eigenvalue weighted by molar-refractivity contribution is 7.89. The molecule has 0 saturated carbocycles. The van der Waals surface area contributed by atoms with Crippen molar-refractivity contribution in [1.29, 1.82) is 0 Å². The van der Waals surface area contributed by atoms with Crippen LogP contribution in [-0.4, -0.2) is 76.6 Å². The second-order valence-corrected chi connectivity index (χ2v) is 11.0. The Morgan fingerprint density at radius 1 is 1.12 bits per heavy atom. The molecule has 8 nitrogen and oxygen atoms in total. The molecule has 2 aliphatic heterocycles. The van der Waals surface area contributed by atoms with E-state index in [0.29, 0.717) is 25.3 Å². The van der Waals surface area contributed by atoms with Crippen molar-refractivity contribution < 1.29 is 22.3 Å². The van der Waals surface area contributed by atoms with Crippen LogP contribution in [0, 0.1) is 5.82 Å². The number of nitrogens with zero attached hydrogens (tertiary/aromatic N) is 3. The van der Waals surface area contributed by atoms with E-state index in [1.807, 2.05) is 0 Å². The Kier molecular flexibility index (Phi) is 7.39. The first-order valence-electron chi connectivity index (χ1n) is 11.5. The van der Waals surface area contributed by atoms with Gasteiger partial charge in [0.25, 0.3) is 0 Å². The lowest BCUT2D eigenvalue weighted by Gasteiger charge is -2.33. The SMILES string of the molecule is CN(C)S(=O)(=O)c1ccc2c(c1)CCN2C(=O)NC1CCN(CCOc2ccc(F)cc2)CC1. The summed E-state index contributed by atoms with van der Waals surface area (Å²) < 4.78 is 44.6. The molecule has 4 rings (SSSR count). The molecule has 1 fully saturated rings. The molecular weight excluding hydrogens is 459 g/mol. The number of nitrogens with one attached hydrogen (secondary N) is 1. The standard InChI is InChI=1S/C24H31FN4O4S/c1-27(2)34(31,32)22-7-8-23-18(17-22)9-14-29(23)24(30)26-20-10-12-28(13-11-20)15-16-33-21-5-3-19(25)4-6-21/h3-8,17,20H,9-16H2,1-2H3,(H,26,30). The first kappa shape index (κ1) is 24.4. The number of ether oxygens (including phenoxy) is 1. The molecule has 2 aromatic carbocycles. The summed E-state index contributed by atoms with van der Waals surface area (Å²) in [5, 5.41) is 3.14. The topological polar surface area (TPSA) is 82.2 Å². The van der Waals surface area contributed by atoms with Crippen molar-refractivity contribution in [2.75, 3.05) is 51.8 Å². The van der Waals surface area contributed by atoms with E-state index >= 15 is 0 Å². The van der Waals surface area contributed by atoms with Crippen molar-refractivity contribution in [3.05, 3.63) is 53.8 Å². The smallest absolute Gasteiger partial charge is 0.322 e. The highest BCUT2D eigenvalue weighted by Crippen LogP contribution is 2.31. The number of piperidine rings is 1. The number of hydrogen-bond donors (Lipinski definition) is 1. The van der Waals surface area contributed by atoms with E-state index in [1.54, 1.807) is 35.2 Å². The van der Waals surface area contributed by atoms with Gasteiger partial charge in [-0.15, -0.1) is 0 Å². The number of rotatable bonds is 7. The zero-order chi connectivity index (χ0) is 24.3. The van der Waals surface area contributed by atoms with Gasteiger partial charge >= 0.3 is 6.03 Å². The summed E-state index contributed by atoms with van der Waals surface area (Å²) in [5.41, 5.74) is 1.64. The molecule has 1 saturated heterocycles. The van der Waals surface area contributed by atoms with Crippen molar-refractivity contribution in [2.45, 2.75) is 30.2 Å². The summed E-state index contributed by atoms with van der Waals surface area (Å²) in [7, 11) is -0.491. The molecule has 184 valence electrons. The molecule has 0 radical (unpaired) electrons. The summed E-state index contributed by atoms with van der Waals surface area (Å²) in [6.45, 7) is 3.56. The van der Waals surface area contributed by atoms with Crippen LogP contribution in [0.1, 0.15) is 18.4 Å². The Labute approximate surface area is 200 Å². The predicted octanol–water partition coefficient (Wildman–Crippen LogP) is 2.69. The van der Waals surface area contributed by atoms with Crippen LogP contribution in [0.25, 0.3) is 0 Å². The third kappa shape index (κ3) is 5.51. The molecule has 1 N–H and O–H groups in total. The van der Waals surface area contributed by atoms with E-state index < -0.39 is 10.0 Å². The molecular formula is C24H31FN4O4S. The molecule has 2 aromatic rings. The zero-order valence-electron chi connectivity index (χ0n) is 19.5. The molecule has 34 heavy (non-hydrogen) atoms. The van der Waals surface area contributed by atoms with Gasteiger partial charge in [-0.3, -0.25) is 9.80 Å². The van der Waals surface area contributed by atoms with E-state index in [0.717, 1.165) is 43.7 Å². The van der Waals surface area contributed by atoms with Gasteiger partial charge in [0.2, 0.25) is 10.0 Å². The summed E-state index contributed by atoms with van der Waals surface area (Å²) in [6.07, 6.45) is 2.33. The second kappa shape index (κ2) is 10.3. The molecule has 0 aliphatic carbocycles. The molecule has 0 aromatic heterocycles. The maximum Gasteiger partial charge on any atom is 0.322 e. The normalized spacial score (nSPS) is 17.1. The Morgan fingerprint density at radius 3 is 2.50 bits per heavy atom. The number of carbonyl (C=O) groups excluding carboxylic acids is 1. The first-order chi connectivity index (χ1) is 16.2. The highest BCUT2D eigenvalue weighted by Gasteiger charge is 2.29. The summed E-state index contributed by atoms with van der Waals surface area (Å²) in [4.78, 5) is 17.2. The number of carbonyl (C=O) groups is 1. The fourth-order valence-electron chi connectivity index (χ4n) is 4.34. The van der Waals surface area contributed by atoms with Crippen molar-refractivity contribution in [3.63, 3.8) is 0 Å². The van der Waals surface area contributed by atoms with Crippen LogP contribution in [0.2, 0.25) is 0 Å². The van der Waals surface area contributed by atoms with Gasteiger partial charge in [-0.1, -0.05) is 0 Å². The maximum absolute atomic E-state index is 13.0. The van der Waals surface area contributed by atoms with E-state index in [-0.39, 0.29) is 22.8 Å². The summed E-state index contributed by atoms with van der Waals surface area (Å²) in [5.74, 6) is 0.372. The van der Waals surface area contributed by atoms with Crippen molar-refractivity contribution >= 4 is 21.7 Å². The molecule has 2 heterocycles. The predicted molar refractivity (Wildman–Crippen MR) is 128 cm³/mol. The van der Waals surface area contributed by atoms with E-state index in [9.17, 15) is 17.6 Å². The van der Waals surface area contributed by atoms with Crippen LogP contribution in [0.5, 0.6) is 5.75 Å². The summed E-state index contributed by atoms with van der Waals surface area (Å²) >= 11 is 0. The second-order valence-electron chi connectivity index (χ2n) is 8.85. The number of benzene rings is 2. The van der Waals surface area contributed by atoms with Gasteiger partial charge < -0.3 is 10.1 Å². The molecule has 0 atom stereocenters. The average molecular weight is 491 g/mol. The lowest BCUT2D eigenvalue weighted by atomic mass is 10.1. The van der Waals surface area contributed by atoms with Crippen LogP contribution < -0.4 is 15.0 Å². The van der Waals surface area contributed by atoms with E-state index in [2.05, 4.69) is 10.2 Å². The van der Waals surface area contributed by atoms with Crippen LogP contribution in [0.4, 0.5) is 14.9 Å². The lowest BCUT2D eigenvalue weighted by molar-refractivity contribution is 0.165. The molecule has 0 unspecified atom stereocenters. The van der Waals surface area contributed by atoms with Gasteiger partial charge in [0.05, 0.1) is 4.90 Å². The molecule has 0 spiro atoms. The maximum atomic E-state index is 13.0. The number of anilines is 1. The largest absolute Gasteiger partial charge is 0.492 e. The summed E-state index contributed by atoms with van der Waals surface area (Å²) in [6, 6.07) is 10.9. The van der Waals surface area contributed by atoms with Gasteiger partial charge in [-0.2, -0.15) is 0 Å². The van der Waals surface area contributed by atoms with Gasteiger partial charge in [-0.25, -0.2) is 21.9 Å². The number of sulfonamides is 1. The fourth-order valence-corrected chi connectivity index (χ4v) is 5.29. The van der Waals surface area contributed by atoms with Crippen molar-refractivity contribution in [2.24, 2.45) is 0 Å². The molecule has 2 aliphatic rings. The number of amides is 2. The van der Waals surface area contributed by atoms with Crippen LogP contribution in [0.3, 0.4) is 0 Å². The molecule has 0 bridgehead atoms. The van der Waals surface area contributed by atoms with E-state index in [1.165, 1.54) is 30.5 Å². The van der Waals surface area contributed by atoms with Crippen LogP contribution in [-0.2, 0) is 16.4 Å². The van der Waals surface area contributed by atoms with E-state index in [4.69, 9.17) is 4.74 Å². The number of hydrogen-bond acceptors (Lipinski definition) is 5. The molecule has 10 heteroatoms. The number of urea groups is 1. The third-order valence-electron chi connectivity index (χ3n) is 6.38. The van der Waals surface area contributed by atoms with Gasteiger partial charge in [-0.05, 0) is 67.3 Å². The lowest BCUT2D eigenvalue weighted by Crippen LogP contribution is -2.49. The number of likely N-dealkylation sites (tertiary alicyclic amines) is 1. The fraction of sp³-hybridized carbons (Fsp3) is 0.458. The van der Waals surface area contributed by atoms with Gasteiger partial charge in [0.1, 0.15) is 18.2 Å². The monoisotopic (exact) mass is 490 g/mol. The Hall–Kier alpha value is -2.69. The highest BCUT2D eigenvalue weighted by atomic mass is 32.2. The van der Waals surface area contributed by atoms with Gasteiger partial charge in [0.15, 0.2) is 0 Å². The minimum absolute atomic E-state index is 0.0965. The van der Waals surface area contributed by atoms with Crippen molar-refractivity contribution in [1.82, 2.24) is 14.5 Å². The van der Waals surface area contributed by atoms with Crippen LogP contribution in [0.15, 0.2) is 47.4 Å². The average Bonchev–Trinajstić information content (AvgIpc) is 3.25. The Balaban J connectivity index is 1.24. The van der Waals surface area contributed by atoms with Crippen molar-refractivity contribution in [3.8, 4) is 5.75 Å². The quantitative estimate of drug-likeness (QED) is 0.646. The Morgan fingerprint density at radius 2 is 1.82 bits per heavy atom. The molecule has 2 amide bonds. The Bertz CT molecular complexity index is 1120. The van der Waals surface area contributed by atoms with Crippen LogP contribution >= 0.6 is 0 Å². The zero-order valence-corrected chi connectivity index (χ0v) is 20.4. The van der Waals surface area contributed by atoms with Gasteiger partial charge in [0, 0.05) is 52.0 Å². The minimum Gasteiger partial charge on any atom is -0.492 e. The number of fused-ring (bicyclic) bond motifs is 1. The first-order valence-corrected chi connectivity index (χ1v) is 12.9. The third-order valence-corrected chi connectivity index (χ3v) is 8.19.